The van der Waals surface area contributed by atoms with Crippen LogP contribution >= 0.6 is 0 Å². The van der Waals surface area contributed by atoms with Crippen molar-refractivity contribution in [3.8, 4) is 11.3 Å². The van der Waals surface area contributed by atoms with Gasteiger partial charge in [-0.25, -0.2) is 14.4 Å². The van der Waals surface area contributed by atoms with Crippen LogP contribution in [0, 0.1) is 19.7 Å². The molecule has 3 nitrogen and oxygen atoms in total. The van der Waals surface area contributed by atoms with Crippen molar-refractivity contribution in [1.82, 2.24) is 9.97 Å². The number of nitrogens with two attached hydrogens (primary N) is 1. The number of rotatable bonds is 1. The number of nitrogen functional groups attached to an aromatic ring is 1. The van der Waals surface area contributed by atoms with Crippen LogP contribution in [0.3, 0.4) is 0 Å². The van der Waals surface area contributed by atoms with E-state index in [9.17, 15) is 4.39 Å². The third-order valence-electron chi connectivity index (χ3n) is 2.35. The van der Waals surface area contributed by atoms with Crippen molar-refractivity contribution in [2.75, 3.05) is 5.73 Å². The molecule has 1 aromatic heterocycles. The van der Waals surface area contributed by atoms with Gasteiger partial charge in [0.05, 0.1) is 5.69 Å². The number of hydrogen-bond acceptors (Lipinski definition) is 3. The molecule has 2 N–H and O–H groups in total. The molecule has 82 valence electrons. The third-order valence-corrected chi connectivity index (χ3v) is 2.35. The van der Waals surface area contributed by atoms with Gasteiger partial charge in [0.15, 0.2) is 0 Å². The quantitative estimate of drug-likeness (QED) is 0.798. The van der Waals surface area contributed by atoms with Crippen LogP contribution in [0.2, 0.25) is 0 Å². The fourth-order valence-corrected chi connectivity index (χ4v) is 1.60. The molecule has 1 heterocycles. The molecule has 0 fully saturated rings. The van der Waals surface area contributed by atoms with Crippen LogP contribution in [0.1, 0.15) is 11.3 Å². The third kappa shape index (κ3) is 2.00. The van der Waals surface area contributed by atoms with Crippen molar-refractivity contribution in [2.24, 2.45) is 0 Å². The number of hydrogen-bond donors (Lipinski definition) is 1. The zero-order chi connectivity index (χ0) is 11.7. The number of aryl methyl sites for hydroxylation is 2. The monoisotopic (exact) mass is 217 g/mol. The Morgan fingerprint density at radius 2 is 1.88 bits per heavy atom. The van der Waals surface area contributed by atoms with Crippen LogP contribution in [0.15, 0.2) is 24.3 Å². The van der Waals surface area contributed by atoms with Gasteiger partial charge in [0, 0.05) is 11.3 Å². The average Bonchev–Trinajstić information content (AvgIpc) is 2.20. The summed E-state index contributed by atoms with van der Waals surface area (Å²) in [7, 11) is 0. The molecule has 0 atom stereocenters. The number of nitrogens with zero attached hydrogens (tertiary/aromatic N) is 2. The summed E-state index contributed by atoms with van der Waals surface area (Å²) in [6.45, 7) is 3.73. The Bertz CT molecular complexity index is 518. The van der Waals surface area contributed by atoms with Crippen LogP contribution in [0.5, 0.6) is 0 Å². The lowest BCUT2D eigenvalue weighted by Crippen LogP contribution is -1.99. The van der Waals surface area contributed by atoms with Gasteiger partial charge in [-0.1, -0.05) is 6.07 Å². The molecule has 0 spiro atoms. The largest absolute Gasteiger partial charge is 0.368 e. The van der Waals surface area contributed by atoms with E-state index in [0.717, 1.165) is 16.8 Å². The van der Waals surface area contributed by atoms with Gasteiger partial charge in [0.25, 0.3) is 0 Å². The molecule has 0 unspecified atom stereocenters. The molecular formula is C12H12FN3. The van der Waals surface area contributed by atoms with Gasteiger partial charge in [-0.2, -0.15) is 0 Å². The van der Waals surface area contributed by atoms with Gasteiger partial charge >= 0.3 is 0 Å². The van der Waals surface area contributed by atoms with E-state index < -0.39 is 0 Å². The van der Waals surface area contributed by atoms with Gasteiger partial charge in [-0.15, -0.1) is 0 Å². The Balaban J connectivity index is 2.62. The lowest BCUT2D eigenvalue weighted by molar-refractivity contribution is 0.628. The molecule has 2 aromatic rings. The van der Waals surface area contributed by atoms with Crippen LogP contribution in [0.4, 0.5) is 10.3 Å². The minimum Gasteiger partial charge on any atom is -0.368 e. The van der Waals surface area contributed by atoms with E-state index in [0.29, 0.717) is 5.69 Å². The van der Waals surface area contributed by atoms with Crippen molar-refractivity contribution < 1.29 is 4.39 Å². The highest BCUT2D eigenvalue weighted by atomic mass is 19.1. The molecule has 0 radical (unpaired) electrons. The van der Waals surface area contributed by atoms with Crippen molar-refractivity contribution in [3.05, 3.63) is 41.3 Å². The molecule has 0 amide bonds. The second kappa shape index (κ2) is 3.89. The minimum atomic E-state index is -0.282. The highest BCUT2D eigenvalue weighted by Crippen LogP contribution is 2.23. The number of aromatic nitrogens is 2. The molecule has 0 saturated carbocycles. The van der Waals surface area contributed by atoms with Crippen molar-refractivity contribution >= 4 is 5.95 Å². The van der Waals surface area contributed by atoms with Crippen LogP contribution in [-0.2, 0) is 0 Å². The lowest BCUT2D eigenvalue weighted by Gasteiger charge is -2.06. The predicted octanol–water partition coefficient (Wildman–Crippen LogP) is 2.48. The van der Waals surface area contributed by atoms with Gasteiger partial charge < -0.3 is 5.73 Å². The molecule has 2 rings (SSSR count). The maximum atomic E-state index is 13.2. The molecule has 4 heteroatoms. The summed E-state index contributed by atoms with van der Waals surface area (Å²) in [6, 6.07) is 6.39. The Morgan fingerprint density at radius 3 is 2.56 bits per heavy atom. The van der Waals surface area contributed by atoms with E-state index >= 15 is 0 Å². The number of anilines is 1. The predicted molar refractivity (Wildman–Crippen MR) is 61.3 cm³/mol. The molecule has 0 aliphatic rings. The SMILES string of the molecule is Cc1cc(-c2cc(F)ccc2C)nc(N)n1. The van der Waals surface area contributed by atoms with E-state index in [1.54, 1.807) is 12.1 Å². The van der Waals surface area contributed by atoms with E-state index in [2.05, 4.69) is 9.97 Å². The zero-order valence-electron chi connectivity index (χ0n) is 9.16. The highest BCUT2D eigenvalue weighted by molar-refractivity contribution is 5.64. The molecule has 0 aliphatic carbocycles. The molecule has 16 heavy (non-hydrogen) atoms. The van der Waals surface area contributed by atoms with Crippen LogP contribution in [0.25, 0.3) is 11.3 Å². The maximum absolute atomic E-state index is 13.2. The highest BCUT2D eigenvalue weighted by Gasteiger charge is 2.06. The van der Waals surface area contributed by atoms with Gasteiger partial charge in [0.2, 0.25) is 5.95 Å². The smallest absolute Gasteiger partial charge is 0.220 e. The van der Waals surface area contributed by atoms with Crippen molar-refractivity contribution in [1.29, 1.82) is 0 Å². The Hall–Kier alpha value is -1.97. The van der Waals surface area contributed by atoms with Crippen molar-refractivity contribution in [2.45, 2.75) is 13.8 Å². The summed E-state index contributed by atoms with van der Waals surface area (Å²) in [6.07, 6.45) is 0. The zero-order valence-corrected chi connectivity index (χ0v) is 9.16. The Kier molecular flexibility index (Phi) is 2.56. The van der Waals surface area contributed by atoms with E-state index in [4.69, 9.17) is 5.73 Å². The standard InChI is InChI=1S/C12H12FN3/c1-7-3-4-9(13)6-10(7)11-5-8(2)15-12(14)16-11/h3-6H,1-2H3,(H2,14,15,16). The second-order valence-corrected chi connectivity index (χ2v) is 3.71. The fraction of sp³-hybridized carbons (Fsp3) is 0.167. The summed E-state index contributed by atoms with van der Waals surface area (Å²) in [5.41, 5.74) is 8.70. The first kappa shape index (κ1) is 10.5. The number of benzene rings is 1. The first-order chi connectivity index (χ1) is 7.56. The molecule has 0 saturated heterocycles. The summed E-state index contributed by atoms with van der Waals surface area (Å²) in [4.78, 5) is 8.09. The minimum absolute atomic E-state index is 0.207. The van der Waals surface area contributed by atoms with Crippen LogP contribution in [-0.4, -0.2) is 9.97 Å². The molecule has 0 bridgehead atoms. The number of halogens is 1. The van der Waals surface area contributed by atoms with Gasteiger partial charge in [0.1, 0.15) is 5.82 Å². The first-order valence-corrected chi connectivity index (χ1v) is 4.94. The fourth-order valence-electron chi connectivity index (χ4n) is 1.60. The second-order valence-electron chi connectivity index (χ2n) is 3.71. The van der Waals surface area contributed by atoms with E-state index in [1.165, 1.54) is 12.1 Å². The maximum Gasteiger partial charge on any atom is 0.220 e. The van der Waals surface area contributed by atoms with Gasteiger partial charge in [-0.3, -0.25) is 0 Å². The van der Waals surface area contributed by atoms with Crippen molar-refractivity contribution in [3.63, 3.8) is 0 Å². The Morgan fingerprint density at radius 1 is 1.12 bits per heavy atom. The van der Waals surface area contributed by atoms with Crippen LogP contribution < -0.4 is 5.73 Å². The molecular weight excluding hydrogens is 205 g/mol. The van der Waals surface area contributed by atoms with E-state index in [1.807, 2.05) is 13.8 Å². The van der Waals surface area contributed by atoms with E-state index in [-0.39, 0.29) is 11.8 Å². The lowest BCUT2D eigenvalue weighted by atomic mass is 10.0. The summed E-state index contributed by atoms with van der Waals surface area (Å²) in [5.74, 6) is -0.0749. The molecule has 0 aliphatic heterocycles. The summed E-state index contributed by atoms with van der Waals surface area (Å²) < 4.78 is 13.2. The Labute approximate surface area is 93.2 Å². The average molecular weight is 217 g/mol. The normalized spacial score (nSPS) is 10.4. The topological polar surface area (TPSA) is 51.8 Å². The van der Waals surface area contributed by atoms with Gasteiger partial charge in [-0.05, 0) is 37.6 Å². The summed E-state index contributed by atoms with van der Waals surface area (Å²) in [5, 5.41) is 0. The summed E-state index contributed by atoms with van der Waals surface area (Å²) >= 11 is 0. The first-order valence-electron chi connectivity index (χ1n) is 4.94. The molecule has 1 aromatic carbocycles.